The lowest BCUT2D eigenvalue weighted by atomic mass is 10.2. The van der Waals surface area contributed by atoms with E-state index in [9.17, 15) is 0 Å². The van der Waals surface area contributed by atoms with Gasteiger partial charge in [0.2, 0.25) is 0 Å². The Morgan fingerprint density at radius 2 is 1.60 bits per heavy atom. The molecule has 0 aliphatic carbocycles. The fourth-order valence-electron chi connectivity index (χ4n) is 1.84. The molecule has 0 saturated heterocycles. The molecule has 0 atom stereocenters. The highest BCUT2D eigenvalue weighted by molar-refractivity contribution is 7.80. The van der Waals surface area contributed by atoms with Crippen LogP contribution in [0.1, 0.15) is 12.0 Å². The van der Waals surface area contributed by atoms with Crippen LogP contribution in [0, 0.1) is 0 Å². The van der Waals surface area contributed by atoms with E-state index < -0.39 is 0 Å². The van der Waals surface area contributed by atoms with Crippen LogP contribution < -0.4 is 5.32 Å². The Morgan fingerprint density at radius 1 is 0.950 bits per heavy atom. The molecular formula is C18H19NS. The maximum absolute atomic E-state index is 4.36. The van der Waals surface area contributed by atoms with E-state index in [1.165, 1.54) is 5.56 Å². The second-order valence-corrected chi connectivity index (χ2v) is 4.74. The average Bonchev–Trinajstić information content (AvgIpc) is 2.52. The summed E-state index contributed by atoms with van der Waals surface area (Å²) in [4.78, 5) is 0. The molecule has 0 fully saturated rings. The molecule has 20 heavy (non-hydrogen) atoms. The van der Waals surface area contributed by atoms with Crippen molar-refractivity contribution >= 4 is 24.4 Å². The molecule has 0 saturated carbocycles. The summed E-state index contributed by atoms with van der Waals surface area (Å²) in [6.07, 6.45) is 7.35. The number of benzene rings is 2. The van der Waals surface area contributed by atoms with E-state index in [0.717, 1.165) is 17.8 Å². The van der Waals surface area contributed by atoms with E-state index >= 15 is 0 Å². The van der Waals surface area contributed by atoms with Crippen molar-refractivity contribution in [3.63, 3.8) is 0 Å². The zero-order valence-electron chi connectivity index (χ0n) is 11.4. The molecule has 102 valence electrons. The monoisotopic (exact) mass is 281 g/mol. The van der Waals surface area contributed by atoms with Gasteiger partial charge in [-0.05, 0) is 24.1 Å². The Labute approximate surface area is 126 Å². The SMILES string of the molecule is SC/C(=C\C/C=C/c1ccccc1)Nc1ccccc1. The molecule has 2 aromatic rings. The van der Waals surface area contributed by atoms with Gasteiger partial charge in [-0.3, -0.25) is 0 Å². The Bertz CT molecular complexity index is 558. The number of hydrogen-bond donors (Lipinski definition) is 2. The Balaban J connectivity index is 1.90. The van der Waals surface area contributed by atoms with Crippen molar-refractivity contribution in [3.8, 4) is 0 Å². The summed E-state index contributed by atoms with van der Waals surface area (Å²) < 4.78 is 0. The standard InChI is InChI=1S/C18H19NS/c20-15-18(19-17-12-5-2-6-13-17)14-8-7-11-16-9-3-1-4-10-16/h1-7,9-14,19-20H,8,15H2/b11-7+,18-14+. The summed E-state index contributed by atoms with van der Waals surface area (Å²) in [6.45, 7) is 0. The lowest BCUT2D eigenvalue weighted by Crippen LogP contribution is -2.00. The van der Waals surface area contributed by atoms with Gasteiger partial charge < -0.3 is 5.32 Å². The van der Waals surface area contributed by atoms with Crippen LogP contribution in [0.15, 0.2) is 78.5 Å². The number of thiol groups is 1. The zero-order chi connectivity index (χ0) is 14.0. The predicted octanol–water partition coefficient (Wildman–Crippen LogP) is 5.02. The maximum atomic E-state index is 4.36. The quantitative estimate of drug-likeness (QED) is 0.709. The molecular weight excluding hydrogens is 262 g/mol. The number of allylic oxidation sites excluding steroid dienone is 2. The topological polar surface area (TPSA) is 12.0 Å². The molecule has 2 rings (SSSR count). The molecule has 0 spiro atoms. The van der Waals surface area contributed by atoms with Gasteiger partial charge >= 0.3 is 0 Å². The average molecular weight is 281 g/mol. The molecule has 0 amide bonds. The Kier molecular flexibility index (Phi) is 6.00. The van der Waals surface area contributed by atoms with Crippen molar-refractivity contribution in [2.24, 2.45) is 0 Å². The van der Waals surface area contributed by atoms with Gasteiger partial charge in [-0.15, -0.1) is 0 Å². The lowest BCUT2D eigenvalue weighted by molar-refractivity contribution is 1.29. The van der Waals surface area contributed by atoms with Gasteiger partial charge in [-0.1, -0.05) is 66.8 Å². The number of anilines is 1. The molecule has 0 aliphatic rings. The highest BCUT2D eigenvalue weighted by Crippen LogP contribution is 2.11. The molecule has 0 unspecified atom stereocenters. The van der Waals surface area contributed by atoms with Crippen LogP contribution in [0.4, 0.5) is 5.69 Å². The van der Waals surface area contributed by atoms with Crippen molar-refractivity contribution in [1.29, 1.82) is 0 Å². The van der Waals surface area contributed by atoms with Crippen molar-refractivity contribution in [2.45, 2.75) is 6.42 Å². The molecule has 0 aromatic heterocycles. The van der Waals surface area contributed by atoms with E-state index in [4.69, 9.17) is 0 Å². The number of nitrogens with one attached hydrogen (secondary N) is 1. The van der Waals surface area contributed by atoms with Gasteiger partial charge in [0.15, 0.2) is 0 Å². The minimum absolute atomic E-state index is 0.702. The van der Waals surface area contributed by atoms with E-state index in [1.54, 1.807) is 0 Å². The van der Waals surface area contributed by atoms with Gasteiger partial charge in [0.1, 0.15) is 0 Å². The van der Waals surface area contributed by atoms with Gasteiger partial charge in [-0.25, -0.2) is 0 Å². The second-order valence-electron chi connectivity index (χ2n) is 4.43. The third-order valence-corrected chi connectivity index (χ3v) is 3.20. The number of para-hydroxylation sites is 1. The highest BCUT2D eigenvalue weighted by atomic mass is 32.1. The molecule has 1 nitrogen and oxygen atoms in total. The van der Waals surface area contributed by atoms with Gasteiger partial charge in [0, 0.05) is 17.1 Å². The summed E-state index contributed by atoms with van der Waals surface area (Å²) in [6, 6.07) is 20.5. The third-order valence-electron chi connectivity index (χ3n) is 2.86. The van der Waals surface area contributed by atoms with Crippen molar-refractivity contribution in [2.75, 3.05) is 11.1 Å². The molecule has 0 aliphatic heterocycles. The largest absolute Gasteiger partial charge is 0.358 e. The fraction of sp³-hybridized carbons (Fsp3) is 0.111. The van der Waals surface area contributed by atoms with Crippen LogP contribution in [0.3, 0.4) is 0 Å². The lowest BCUT2D eigenvalue weighted by Gasteiger charge is -2.08. The molecule has 0 heterocycles. The minimum atomic E-state index is 0.702. The first-order valence-corrected chi connectivity index (χ1v) is 7.35. The van der Waals surface area contributed by atoms with Gasteiger partial charge in [0.05, 0.1) is 0 Å². The summed E-state index contributed by atoms with van der Waals surface area (Å²) in [5, 5.41) is 3.38. The van der Waals surface area contributed by atoms with E-state index in [2.05, 4.69) is 60.4 Å². The Hall–Kier alpha value is -1.93. The van der Waals surface area contributed by atoms with Crippen molar-refractivity contribution in [3.05, 3.63) is 84.1 Å². The third kappa shape index (κ3) is 4.98. The first-order chi connectivity index (χ1) is 9.88. The van der Waals surface area contributed by atoms with Gasteiger partial charge in [-0.2, -0.15) is 12.6 Å². The molecule has 2 heteroatoms. The highest BCUT2D eigenvalue weighted by Gasteiger charge is 1.94. The van der Waals surface area contributed by atoms with Crippen molar-refractivity contribution in [1.82, 2.24) is 0 Å². The zero-order valence-corrected chi connectivity index (χ0v) is 12.3. The van der Waals surface area contributed by atoms with Crippen LogP contribution in [-0.2, 0) is 0 Å². The number of rotatable bonds is 6. The fourth-order valence-corrected chi connectivity index (χ4v) is 2.05. The maximum Gasteiger partial charge on any atom is 0.0381 e. The van der Waals surface area contributed by atoms with Crippen LogP contribution in [-0.4, -0.2) is 5.75 Å². The molecule has 0 bridgehead atoms. The van der Waals surface area contributed by atoms with Gasteiger partial charge in [0.25, 0.3) is 0 Å². The first-order valence-electron chi connectivity index (χ1n) is 6.72. The second kappa shape index (κ2) is 8.28. The first kappa shape index (κ1) is 14.5. The smallest absolute Gasteiger partial charge is 0.0381 e. The van der Waals surface area contributed by atoms with Crippen molar-refractivity contribution < 1.29 is 0 Å². The van der Waals surface area contributed by atoms with Crippen LogP contribution in [0.25, 0.3) is 6.08 Å². The van der Waals surface area contributed by atoms with Crippen LogP contribution in [0.2, 0.25) is 0 Å². The molecule has 0 radical (unpaired) electrons. The van der Waals surface area contributed by atoms with E-state index in [1.807, 2.05) is 36.4 Å². The predicted molar refractivity (Wildman–Crippen MR) is 92.1 cm³/mol. The van der Waals surface area contributed by atoms with E-state index in [-0.39, 0.29) is 0 Å². The molecule has 1 N–H and O–H groups in total. The summed E-state index contributed by atoms with van der Waals surface area (Å²) in [5.41, 5.74) is 3.45. The minimum Gasteiger partial charge on any atom is -0.358 e. The Morgan fingerprint density at radius 3 is 2.25 bits per heavy atom. The summed E-state index contributed by atoms with van der Waals surface area (Å²) in [7, 11) is 0. The van der Waals surface area contributed by atoms with E-state index in [0.29, 0.717) is 5.75 Å². The molecule has 2 aromatic carbocycles. The normalized spacial score (nSPS) is 11.8. The number of hydrogen-bond acceptors (Lipinski definition) is 2. The summed E-state index contributed by atoms with van der Waals surface area (Å²) in [5.74, 6) is 0.702. The summed E-state index contributed by atoms with van der Waals surface area (Å²) >= 11 is 4.36. The van der Waals surface area contributed by atoms with Crippen LogP contribution >= 0.6 is 12.6 Å². The van der Waals surface area contributed by atoms with Crippen LogP contribution in [0.5, 0.6) is 0 Å².